The van der Waals surface area contributed by atoms with Crippen LogP contribution in [-0.4, -0.2) is 35.2 Å². The normalized spacial score (nSPS) is 19.6. The van der Waals surface area contributed by atoms with Crippen molar-refractivity contribution in [3.8, 4) is 0 Å². The van der Waals surface area contributed by atoms with Gasteiger partial charge in [-0.05, 0) is 18.1 Å². The van der Waals surface area contributed by atoms with Crippen molar-refractivity contribution in [1.29, 1.82) is 0 Å². The molecule has 1 heterocycles. The molecule has 1 amide bonds. The lowest BCUT2D eigenvalue weighted by atomic mass is 9.88. The van der Waals surface area contributed by atoms with Gasteiger partial charge >= 0.3 is 12.1 Å². The lowest BCUT2D eigenvalue weighted by Gasteiger charge is -2.16. The van der Waals surface area contributed by atoms with E-state index in [4.69, 9.17) is 4.74 Å². The molecule has 0 bridgehead atoms. The number of carbonyl (C=O) groups excluding carboxylic acids is 1. The summed E-state index contributed by atoms with van der Waals surface area (Å²) in [5.41, 5.74) is 2.93. The van der Waals surface area contributed by atoms with Crippen LogP contribution in [0.15, 0.2) is 54.6 Å². The number of hydrogen-bond donors (Lipinski definition) is 1. The van der Waals surface area contributed by atoms with Crippen molar-refractivity contribution < 1.29 is 19.4 Å². The van der Waals surface area contributed by atoms with E-state index in [2.05, 4.69) is 0 Å². The number of nitrogens with zero attached hydrogens (tertiary/aromatic N) is 1. The van der Waals surface area contributed by atoms with Gasteiger partial charge < -0.3 is 14.7 Å². The fourth-order valence-corrected chi connectivity index (χ4v) is 3.25. The zero-order chi connectivity index (χ0) is 17.8. The van der Waals surface area contributed by atoms with E-state index < -0.39 is 18.0 Å². The van der Waals surface area contributed by atoms with Crippen molar-refractivity contribution in [1.82, 2.24) is 4.90 Å². The smallest absolute Gasteiger partial charge is 0.410 e. The second-order valence-corrected chi connectivity index (χ2v) is 6.41. The molecule has 3 rings (SSSR count). The number of amides is 1. The van der Waals surface area contributed by atoms with E-state index in [0.29, 0.717) is 6.54 Å². The molecule has 2 aromatic rings. The van der Waals surface area contributed by atoms with Gasteiger partial charge in [0.15, 0.2) is 0 Å². The minimum atomic E-state index is -0.884. The number of ether oxygens (including phenoxy) is 1. The molecular formula is C20H21NO4. The molecule has 25 heavy (non-hydrogen) atoms. The molecule has 1 N–H and O–H groups in total. The minimum absolute atomic E-state index is 0.168. The van der Waals surface area contributed by atoms with Gasteiger partial charge in [-0.1, -0.05) is 60.2 Å². The molecule has 5 nitrogen and oxygen atoms in total. The summed E-state index contributed by atoms with van der Waals surface area (Å²) >= 11 is 0. The summed E-state index contributed by atoms with van der Waals surface area (Å²) in [6.07, 6.45) is -0.467. The maximum atomic E-state index is 12.3. The van der Waals surface area contributed by atoms with Crippen LogP contribution < -0.4 is 0 Å². The van der Waals surface area contributed by atoms with Crippen LogP contribution in [0.4, 0.5) is 4.79 Å². The Labute approximate surface area is 146 Å². The Morgan fingerprint density at radius 3 is 2.56 bits per heavy atom. The number of carbonyl (C=O) groups is 2. The number of carboxylic acids is 1. The van der Waals surface area contributed by atoms with Gasteiger partial charge in [0.1, 0.15) is 6.61 Å². The van der Waals surface area contributed by atoms with Crippen LogP contribution in [0.5, 0.6) is 0 Å². The van der Waals surface area contributed by atoms with Gasteiger partial charge in [-0.25, -0.2) is 4.79 Å². The molecule has 0 radical (unpaired) electrons. The molecule has 0 aliphatic carbocycles. The highest BCUT2D eigenvalue weighted by molar-refractivity contribution is 5.75. The van der Waals surface area contributed by atoms with E-state index in [9.17, 15) is 14.7 Å². The molecular weight excluding hydrogens is 318 g/mol. The Morgan fingerprint density at radius 1 is 1.12 bits per heavy atom. The molecule has 0 saturated carbocycles. The third-order valence-corrected chi connectivity index (χ3v) is 4.57. The first kappa shape index (κ1) is 17.0. The molecule has 1 aliphatic heterocycles. The SMILES string of the molecule is Cc1cccc(C2CN(C(=O)OCc3ccccc3)CC2C(=O)O)c1. The highest BCUT2D eigenvalue weighted by Gasteiger charge is 2.41. The van der Waals surface area contributed by atoms with Gasteiger partial charge in [0, 0.05) is 19.0 Å². The van der Waals surface area contributed by atoms with Crippen LogP contribution in [-0.2, 0) is 16.1 Å². The first-order valence-electron chi connectivity index (χ1n) is 8.29. The van der Waals surface area contributed by atoms with Crippen molar-refractivity contribution >= 4 is 12.1 Å². The Kier molecular flexibility index (Phi) is 5.03. The molecule has 1 saturated heterocycles. The second kappa shape index (κ2) is 7.38. The van der Waals surface area contributed by atoms with Crippen LogP contribution in [0.2, 0.25) is 0 Å². The van der Waals surface area contributed by atoms with Crippen LogP contribution in [0, 0.1) is 12.8 Å². The maximum absolute atomic E-state index is 12.3. The lowest BCUT2D eigenvalue weighted by molar-refractivity contribution is -0.141. The van der Waals surface area contributed by atoms with Gasteiger partial charge in [0.05, 0.1) is 5.92 Å². The molecule has 130 valence electrons. The Bertz CT molecular complexity index is 759. The van der Waals surface area contributed by atoms with Gasteiger partial charge in [-0.2, -0.15) is 0 Å². The summed E-state index contributed by atoms with van der Waals surface area (Å²) in [6, 6.07) is 17.2. The Balaban J connectivity index is 1.69. The van der Waals surface area contributed by atoms with E-state index in [0.717, 1.165) is 16.7 Å². The summed E-state index contributed by atoms with van der Waals surface area (Å²) in [4.78, 5) is 25.5. The Hall–Kier alpha value is -2.82. The largest absolute Gasteiger partial charge is 0.481 e. The zero-order valence-electron chi connectivity index (χ0n) is 14.1. The molecule has 0 spiro atoms. The predicted molar refractivity (Wildman–Crippen MR) is 93.2 cm³/mol. The molecule has 2 aromatic carbocycles. The first-order valence-corrected chi connectivity index (χ1v) is 8.29. The van der Waals surface area contributed by atoms with E-state index in [-0.39, 0.29) is 19.1 Å². The number of likely N-dealkylation sites (tertiary alicyclic amines) is 1. The van der Waals surface area contributed by atoms with Crippen LogP contribution in [0.1, 0.15) is 22.6 Å². The minimum Gasteiger partial charge on any atom is -0.481 e. The topological polar surface area (TPSA) is 66.8 Å². The van der Waals surface area contributed by atoms with Crippen LogP contribution >= 0.6 is 0 Å². The maximum Gasteiger partial charge on any atom is 0.410 e. The summed E-state index contributed by atoms with van der Waals surface area (Å²) in [7, 11) is 0. The van der Waals surface area contributed by atoms with E-state index in [1.165, 1.54) is 4.90 Å². The highest BCUT2D eigenvalue weighted by Crippen LogP contribution is 2.33. The standard InChI is InChI=1S/C20H21NO4/c1-14-6-5-9-16(10-14)17-11-21(12-18(17)19(22)23)20(24)25-13-15-7-3-2-4-8-15/h2-10,17-18H,11-13H2,1H3,(H,22,23). The molecule has 1 fully saturated rings. The van der Waals surface area contributed by atoms with Crippen molar-refractivity contribution in [2.45, 2.75) is 19.4 Å². The van der Waals surface area contributed by atoms with Crippen LogP contribution in [0.25, 0.3) is 0 Å². The van der Waals surface area contributed by atoms with Gasteiger partial charge in [-0.3, -0.25) is 4.79 Å². The second-order valence-electron chi connectivity index (χ2n) is 6.41. The van der Waals surface area contributed by atoms with Gasteiger partial charge in [-0.15, -0.1) is 0 Å². The molecule has 5 heteroatoms. The van der Waals surface area contributed by atoms with Gasteiger partial charge in [0.25, 0.3) is 0 Å². The van der Waals surface area contributed by atoms with Gasteiger partial charge in [0.2, 0.25) is 0 Å². The predicted octanol–water partition coefficient (Wildman–Crippen LogP) is 3.43. The van der Waals surface area contributed by atoms with Crippen molar-refractivity contribution in [2.75, 3.05) is 13.1 Å². The van der Waals surface area contributed by atoms with Crippen molar-refractivity contribution in [2.24, 2.45) is 5.92 Å². The summed E-state index contributed by atoms with van der Waals surface area (Å²) in [5.74, 6) is -1.72. The monoisotopic (exact) mass is 339 g/mol. The van der Waals surface area contributed by atoms with Crippen molar-refractivity contribution in [3.63, 3.8) is 0 Å². The lowest BCUT2D eigenvalue weighted by Crippen LogP contribution is -2.30. The number of benzene rings is 2. The van der Waals surface area contributed by atoms with Crippen molar-refractivity contribution in [3.05, 3.63) is 71.3 Å². The molecule has 2 atom stereocenters. The first-order chi connectivity index (χ1) is 12.0. The van der Waals surface area contributed by atoms with E-state index in [1.807, 2.05) is 61.5 Å². The van der Waals surface area contributed by atoms with E-state index in [1.54, 1.807) is 0 Å². The van der Waals surface area contributed by atoms with E-state index >= 15 is 0 Å². The summed E-state index contributed by atoms with van der Waals surface area (Å²) in [5, 5.41) is 9.54. The van der Waals surface area contributed by atoms with Crippen LogP contribution in [0.3, 0.4) is 0 Å². The summed E-state index contributed by atoms with van der Waals surface area (Å²) in [6.45, 7) is 2.68. The third-order valence-electron chi connectivity index (χ3n) is 4.57. The molecule has 0 aromatic heterocycles. The zero-order valence-corrected chi connectivity index (χ0v) is 14.1. The number of carboxylic acid groups (broad SMARTS) is 1. The number of aliphatic carboxylic acids is 1. The summed E-state index contributed by atoms with van der Waals surface area (Å²) < 4.78 is 5.34. The number of hydrogen-bond acceptors (Lipinski definition) is 3. The fourth-order valence-electron chi connectivity index (χ4n) is 3.25. The quantitative estimate of drug-likeness (QED) is 0.927. The molecule has 1 aliphatic rings. The number of rotatable bonds is 4. The average molecular weight is 339 g/mol. The fraction of sp³-hybridized carbons (Fsp3) is 0.300. The number of aryl methyl sites for hydroxylation is 1. The average Bonchev–Trinajstić information content (AvgIpc) is 3.06. The third kappa shape index (κ3) is 3.99. The highest BCUT2D eigenvalue weighted by atomic mass is 16.6. The molecule has 2 unspecified atom stereocenters. The Morgan fingerprint density at radius 2 is 1.88 bits per heavy atom.